The average molecular weight is 386 g/mol. The summed E-state index contributed by atoms with van der Waals surface area (Å²) in [6.45, 7) is 2.01. The predicted molar refractivity (Wildman–Crippen MR) is 111 cm³/mol. The van der Waals surface area contributed by atoms with Gasteiger partial charge in [0.05, 0.1) is 17.5 Å². The topological polar surface area (TPSA) is 37.4 Å². The van der Waals surface area contributed by atoms with E-state index in [2.05, 4.69) is 12.2 Å². The van der Waals surface area contributed by atoms with Gasteiger partial charge >= 0.3 is 0 Å². The lowest BCUT2D eigenvalue weighted by Crippen LogP contribution is -2.41. The van der Waals surface area contributed by atoms with Crippen LogP contribution in [-0.4, -0.2) is 11.8 Å². The van der Waals surface area contributed by atoms with E-state index in [0.29, 0.717) is 0 Å². The van der Waals surface area contributed by atoms with Crippen LogP contribution in [-0.2, 0) is 9.59 Å². The quantitative estimate of drug-likeness (QED) is 0.520. The molecule has 0 N–H and O–H groups in total. The summed E-state index contributed by atoms with van der Waals surface area (Å²) >= 11 is 0. The maximum atomic E-state index is 13.5. The second-order valence-electron chi connectivity index (χ2n) is 10.6. The molecule has 3 heteroatoms. The van der Waals surface area contributed by atoms with E-state index in [1.807, 2.05) is 31.2 Å². The summed E-state index contributed by atoms with van der Waals surface area (Å²) in [5.41, 5.74) is 5.05. The third kappa shape index (κ3) is 2.04. The molecule has 8 rings (SSSR count). The Morgan fingerprint density at radius 1 is 0.793 bits per heavy atom. The Balaban J connectivity index is 1.29. The number of benzene rings is 1. The molecule has 2 amide bonds. The van der Waals surface area contributed by atoms with Crippen LogP contribution in [0, 0.1) is 54.3 Å². The van der Waals surface area contributed by atoms with Crippen LogP contribution < -0.4 is 4.90 Å². The summed E-state index contributed by atoms with van der Waals surface area (Å²) in [7, 11) is 0. The van der Waals surface area contributed by atoms with Gasteiger partial charge < -0.3 is 0 Å². The van der Waals surface area contributed by atoms with E-state index in [-0.39, 0.29) is 35.5 Å². The number of nitrogens with zero attached hydrogens (tertiary/aromatic N) is 1. The molecule has 4 atom stereocenters. The molecule has 1 heterocycles. The van der Waals surface area contributed by atoms with Gasteiger partial charge in [0.1, 0.15) is 0 Å². The fourth-order valence-corrected chi connectivity index (χ4v) is 8.33. The van der Waals surface area contributed by atoms with Crippen LogP contribution in [0.1, 0.15) is 37.7 Å². The number of aryl methyl sites for hydroxylation is 1. The van der Waals surface area contributed by atoms with Crippen molar-refractivity contribution in [2.75, 3.05) is 4.90 Å². The second kappa shape index (κ2) is 5.50. The predicted octanol–water partition coefficient (Wildman–Crippen LogP) is 4.67. The number of carbonyl (C=O) groups excluding carboxylic acids is 2. The Kier molecular flexibility index (Phi) is 3.15. The molecule has 6 aliphatic carbocycles. The van der Waals surface area contributed by atoms with Gasteiger partial charge in [-0.05, 0) is 80.4 Å². The average Bonchev–Trinajstić information content (AvgIpc) is 3.31. The first-order chi connectivity index (χ1) is 14.1. The minimum Gasteiger partial charge on any atom is -0.274 e. The van der Waals surface area contributed by atoms with E-state index >= 15 is 0 Å². The standard InChI is InChI=1S/C26H27NO2/c1-13-3-2-4-18(7-13)27-25(28)23-19-5-6-20(24(23)26(27)29)22(19)21-16-9-14-8-15(11-16)12-17(21)10-14/h2-7,14-17,19-20,23-24H,8-12H2,1H3/t14?,15?,16?,17?,19-,20+,23+,24-. The molecule has 6 bridgehead atoms. The molecule has 148 valence electrons. The first-order valence-electron chi connectivity index (χ1n) is 11.5. The van der Waals surface area contributed by atoms with Crippen molar-refractivity contribution >= 4 is 17.5 Å². The molecular formula is C26H27NO2. The third-order valence-corrected chi connectivity index (χ3v) is 9.03. The maximum absolute atomic E-state index is 13.5. The second-order valence-corrected chi connectivity index (χ2v) is 10.6. The number of hydrogen-bond acceptors (Lipinski definition) is 2. The SMILES string of the molecule is Cc1cccc(N2C(=O)[C@@H]3[C@H](C2=O)[C@H]2C=C[C@@H]3C2=C2C3CC4CC(C3)CC2C4)c1. The molecule has 1 aromatic carbocycles. The fraction of sp³-hybridized carbons (Fsp3) is 0.538. The van der Waals surface area contributed by atoms with Crippen molar-refractivity contribution in [3.63, 3.8) is 0 Å². The van der Waals surface area contributed by atoms with Crippen molar-refractivity contribution in [1.82, 2.24) is 0 Å². The molecule has 0 aromatic heterocycles. The van der Waals surface area contributed by atoms with Gasteiger partial charge in [-0.2, -0.15) is 0 Å². The van der Waals surface area contributed by atoms with Crippen LogP contribution in [0.2, 0.25) is 0 Å². The molecule has 0 spiro atoms. The zero-order valence-electron chi connectivity index (χ0n) is 16.9. The summed E-state index contributed by atoms with van der Waals surface area (Å²) in [5.74, 6) is 3.42. The molecule has 1 aromatic rings. The summed E-state index contributed by atoms with van der Waals surface area (Å²) < 4.78 is 0. The molecular weight excluding hydrogens is 358 g/mol. The lowest BCUT2D eigenvalue weighted by Gasteiger charge is -2.52. The lowest BCUT2D eigenvalue weighted by atomic mass is 9.53. The van der Waals surface area contributed by atoms with Crippen molar-refractivity contribution in [3.05, 3.63) is 53.1 Å². The first kappa shape index (κ1) is 16.6. The minimum atomic E-state index is -0.169. The number of rotatable bonds is 1. The number of allylic oxidation sites excluding steroid dienone is 4. The third-order valence-electron chi connectivity index (χ3n) is 9.03. The molecule has 3 nitrogen and oxygen atoms in total. The Hall–Kier alpha value is -2.16. The van der Waals surface area contributed by atoms with Crippen molar-refractivity contribution in [2.24, 2.45) is 47.3 Å². The van der Waals surface area contributed by atoms with E-state index < -0.39 is 0 Å². The Morgan fingerprint density at radius 3 is 1.93 bits per heavy atom. The zero-order chi connectivity index (χ0) is 19.4. The zero-order valence-corrected chi connectivity index (χ0v) is 16.9. The van der Waals surface area contributed by atoms with Crippen LogP contribution in [0.5, 0.6) is 0 Å². The van der Waals surface area contributed by atoms with Gasteiger partial charge in [-0.3, -0.25) is 9.59 Å². The van der Waals surface area contributed by atoms with Crippen molar-refractivity contribution in [3.8, 4) is 0 Å². The van der Waals surface area contributed by atoms with E-state index in [4.69, 9.17) is 0 Å². The number of carbonyl (C=O) groups is 2. The Labute approximate surface area is 171 Å². The molecule has 0 radical (unpaired) electrons. The van der Waals surface area contributed by atoms with Gasteiger partial charge in [0, 0.05) is 11.8 Å². The first-order valence-corrected chi connectivity index (χ1v) is 11.5. The molecule has 6 fully saturated rings. The summed E-state index contributed by atoms with van der Waals surface area (Å²) in [6.07, 6.45) is 11.4. The summed E-state index contributed by atoms with van der Waals surface area (Å²) in [4.78, 5) is 28.5. The largest absolute Gasteiger partial charge is 0.274 e. The van der Waals surface area contributed by atoms with Crippen LogP contribution >= 0.6 is 0 Å². The molecule has 1 aliphatic heterocycles. The van der Waals surface area contributed by atoms with Crippen LogP contribution in [0.3, 0.4) is 0 Å². The highest BCUT2D eigenvalue weighted by Crippen LogP contribution is 2.63. The number of amides is 2. The van der Waals surface area contributed by atoms with Crippen LogP contribution in [0.25, 0.3) is 0 Å². The van der Waals surface area contributed by atoms with Crippen LogP contribution in [0.4, 0.5) is 5.69 Å². The number of hydrogen-bond donors (Lipinski definition) is 0. The smallest absolute Gasteiger partial charge is 0.238 e. The fourth-order valence-electron chi connectivity index (χ4n) is 8.33. The summed E-state index contributed by atoms with van der Waals surface area (Å²) in [5, 5.41) is 0. The van der Waals surface area contributed by atoms with E-state index in [0.717, 1.165) is 34.9 Å². The number of imide groups is 1. The highest BCUT2D eigenvalue weighted by Gasteiger charge is 2.63. The van der Waals surface area contributed by atoms with Gasteiger partial charge in [-0.15, -0.1) is 0 Å². The van der Waals surface area contributed by atoms with Crippen molar-refractivity contribution in [1.29, 1.82) is 0 Å². The van der Waals surface area contributed by atoms with Gasteiger partial charge in [0.15, 0.2) is 0 Å². The minimum absolute atomic E-state index is 0.0318. The lowest BCUT2D eigenvalue weighted by molar-refractivity contribution is -0.122. The van der Waals surface area contributed by atoms with Gasteiger partial charge in [0.2, 0.25) is 11.8 Å². The summed E-state index contributed by atoms with van der Waals surface area (Å²) in [6, 6.07) is 7.81. The molecule has 0 unspecified atom stereocenters. The van der Waals surface area contributed by atoms with Gasteiger partial charge in [0.25, 0.3) is 0 Å². The molecule has 29 heavy (non-hydrogen) atoms. The Bertz CT molecular complexity index is 953. The van der Waals surface area contributed by atoms with E-state index in [1.165, 1.54) is 42.6 Å². The molecule has 7 aliphatic rings. The maximum Gasteiger partial charge on any atom is 0.238 e. The van der Waals surface area contributed by atoms with E-state index in [9.17, 15) is 9.59 Å². The highest BCUT2D eigenvalue weighted by molar-refractivity contribution is 6.23. The van der Waals surface area contributed by atoms with Gasteiger partial charge in [-0.25, -0.2) is 4.90 Å². The number of fused-ring (bicyclic) bond motifs is 5. The van der Waals surface area contributed by atoms with Crippen LogP contribution in [0.15, 0.2) is 47.6 Å². The number of anilines is 1. The molecule has 5 saturated carbocycles. The molecule has 1 saturated heterocycles. The van der Waals surface area contributed by atoms with E-state index in [1.54, 1.807) is 5.57 Å². The van der Waals surface area contributed by atoms with Crippen molar-refractivity contribution < 1.29 is 9.59 Å². The highest BCUT2D eigenvalue weighted by atomic mass is 16.2. The monoisotopic (exact) mass is 385 g/mol. The Morgan fingerprint density at radius 2 is 1.38 bits per heavy atom. The van der Waals surface area contributed by atoms with Gasteiger partial charge in [-0.1, -0.05) is 35.4 Å². The normalized spacial score (nSPS) is 43.8. The van der Waals surface area contributed by atoms with Crippen molar-refractivity contribution in [2.45, 2.75) is 39.0 Å².